The summed E-state index contributed by atoms with van der Waals surface area (Å²) >= 11 is 0. The Morgan fingerprint density at radius 3 is 2.05 bits per heavy atom. The van der Waals surface area contributed by atoms with Gasteiger partial charge in [0.25, 0.3) is 5.79 Å². The minimum atomic E-state index is -2.51. The average Bonchev–Trinajstić information content (AvgIpc) is 3.21. The van der Waals surface area contributed by atoms with E-state index in [4.69, 9.17) is 13.6 Å². The molecule has 2 rings (SSSR count). The van der Waals surface area contributed by atoms with Gasteiger partial charge < -0.3 is 18.7 Å². The Morgan fingerprint density at radius 1 is 0.977 bits per heavy atom. The molecule has 1 N–H and O–H groups in total. The Hall–Kier alpha value is -2.23. The van der Waals surface area contributed by atoms with E-state index in [1.165, 1.54) is 5.56 Å². The minimum absolute atomic E-state index is 0.0424. The van der Waals surface area contributed by atoms with Gasteiger partial charge in [-0.25, -0.2) is 4.79 Å². The number of rotatable bonds is 14. The van der Waals surface area contributed by atoms with E-state index in [9.17, 15) is 14.7 Å². The fourth-order valence-electron chi connectivity index (χ4n) is 4.50. The number of carbonyl (C=O) groups is 2. The second-order valence-corrected chi connectivity index (χ2v) is 24.4. The zero-order chi connectivity index (χ0) is 32.7. The topological polar surface area (TPSA) is 82.1 Å². The van der Waals surface area contributed by atoms with Crippen molar-refractivity contribution in [2.75, 3.05) is 6.61 Å². The van der Waals surface area contributed by atoms with E-state index >= 15 is 0 Å². The number of carboxylic acids is 1. The molecule has 0 bridgehead atoms. The summed E-state index contributed by atoms with van der Waals surface area (Å²) in [5.74, 6) is -1.67. The first-order chi connectivity index (χ1) is 19.7. The number of ketones is 1. The maximum absolute atomic E-state index is 12.9. The summed E-state index contributed by atoms with van der Waals surface area (Å²) in [6.45, 7) is 23.4. The van der Waals surface area contributed by atoms with Gasteiger partial charge in [-0.15, -0.1) is 5.73 Å². The predicted molar refractivity (Wildman–Crippen MR) is 180 cm³/mol. The molecule has 0 aliphatic heterocycles. The summed E-state index contributed by atoms with van der Waals surface area (Å²) in [5, 5.41) is 10.2. The highest BCUT2D eigenvalue weighted by molar-refractivity contribution is 6.75. The average molecular weight is 629 g/mol. The second kappa shape index (κ2) is 14.7. The molecular weight excluding hydrogens is 573 g/mol. The second-order valence-electron chi connectivity index (χ2n) is 15.0. The zero-order valence-corrected chi connectivity index (χ0v) is 30.5. The van der Waals surface area contributed by atoms with E-state index < -0.39 is 28.4 Å². The molecule has 0 amide bonds. The highest BCUT2D eigenvalue weighted by atomic mass is 28.4. The normalized spacial score (nSPS) is 18.5. The fourth-order valence-corrected chi connectivity index (χ4v) is 7.27. The number of aryl methyl sites for hydroxylation is 1. The van der Waals surface area contributed by atoms with E-state index in [1.807, 2.05) is 56.5 Å². The predicted octanol–water partition coefficient (Wildman–Crippen LogP) is 9.23. The van der Waals surface area contributed by atoms with Crippen molar-refractivity contribution in [1.29, 1.82) is 0 Å². The maximum atomic E-state index is 12.9. The number of carbonyl (C=O) groups excluding carboxylic acids is 1. The maximum Gasteiger partial charge on any atom is 0.362 e. The molecule has 2 atom stereocenters. The van der Waals surface area contributed by atoms with Gasteiger partial charge in [0.05, 0.1) is 6.61 Å². The Balaban J connectivity index is 2.13. The molecule has 8 heteroatoms. The molecule has 0 radical (unpaired) electrons. The molecule has 1 aromatic rings. The Morgan fingerprint density at radius 2 is 1.53 bits per heavy atom. The molecule has 0 saturated heterocycles. The monoisotopic (exact) mass is 628 g/mol. The lowest BCUT2D eigenvalue weighted by Crippen LogP contribution is -2.60. The summed E-state index contributed by atoms with van der Waals surface area (Å²) in [6, 6.07) is 8.02. The molecule has 1 fully saturated rings. The SMILES string of the molecule is Cc1ccc(OCC/C=C/[C@H]2CCC(=O)[C@@H]2CC=C=CCC(O[Si](C)(C)C(C)(C)C)(O[Si](C)(C)C(C)(C)C)C(=O)O)cc1. The van der Waals surface area contributed by atoms with Crippen molar-refractivity contribution in [3.63, 3.8) is 0 Å². The van der Waals surface area contributed by atoms with Crippen molar-refractivity contribution >= 4 is 28.4 Å². The molecule has 1 aromatic carbocycles. The molecule has 240 valence electrons. The highest BCUT2D eigenvalue weighted by Crippen LogP contribution is 2.45. The van der Waals surface area contributed by atoms with Crippen molar-refractivity contribution in [2.24, 2.45) is 11.8 Å². The van der Waals surface area contributed by atoms with Gasteiger partial charge in [-0.05, 0) is 92.7 Å². The van der Waals surface area contributed by atoms with Gasteiger partial charge in [-0.1, -0.05) is 71.4 Å². The lowest BCUT2D eigenvalue weighted by atomic mass is 9.91. The minimum Gasteiger partial charge on any atom is -0.493 e. The number of Topliss-reactive ketones (excluding diaryl/α,β-unsaturated/α-hetero) is 1. The molecule has 1 aliphatic carbocycles. The van der Waals surface area contributed by atoms with Crippen LogP contribution < -0.4 is 4.74 Å². The molecule has 0 aromatic heterocycles. The quantitative estimate of drug-likeness (QED) is 0.0727. The van der Waals surface area contributed by atoms with Gasteiger partial charge in [0.15, 0.2) is 16.6 Å². The van der Waals surface area contributed by atoms with Crippen LogP contribution in [0.15, 0.2) is 54.3 Å². The Labute approximate surface area is 262 Å². The number of ether oxygens (including phenoxy) is 1. The van der Waals surface area contributed by atoms with Crippen LogP contribution in [0.5, 0.6) is 5.75 Å². The number of aliphatic carboxylic acids is 1. The van der Waals surface area contributed by atoms with E-state index in [0.717, 1.165) is 18.6 Å². The molecule has 6 nitrogen and oxygen atoms in total. The lowest BCUT2D eigenvalue weighted by Gasteiger charge is -2.48. The molecular formula is C35H56O6Si2. The van der Waals surface area contributed by atoms with Crippen LogP contribution in [0.4, 0.5) is 0 Å². The third kappa shape index (κ3) is 10.4. The first-order valence-corrected chi connectivity index (χ1v) is 21.4. The van der Waals surface area contributed by atoms with Crippen LogP contribution in [-0.4, -0.2) is 45.9 Å². The van der Waals surface area contributed by atoms with Gasteiger partial charge >= 0.3 is 5.97 Å². The van der Waals surface area contributed by atoms with Crippen LogP contribution in [0.2, 0.25) is 36.3 Å². The Kier molecular flexibility index (Phi) is 12.6. The standard InChI is InChI=1S/C35H56O6Si2/c1-27-19-22-29(23-20-27)39-26-16-14-17-28-21-24-31(36)30(28)18-13-12-15-25-35(32(37)38,40-42(8,9)33(2,3)4)41-43(10,11)34(5,6)7/h13-15,17,19-20,22-23,28,30H,16,18,21,24-26H2,1-11H3,(H,37,38)/b17-14+/t12?,28-,30+/m0/s1. The van der Waals surface area contributed by atoms with E-state index in [2.05, 4.69) is 66.3 Å². The number of hydrogen-bond acceptors (Lipinski definition) is 5. The van der Waals surface area contributed by atoms with Crippen molar-refractivity contribution < 1.29 is 28.3 Å². The molecule has 1 saturated carbocycles. The summed E-state index contributed by atoms with van der Waals surface area (Å²) in [5.41, 5.74) is 4.37. The van der Waals surface area contributed by atoms with Gasteiger partial charge in [0.1, 0.15) is 11.5 Å². The number of benzene rings is 1. The van der Waals surface area contributed by atoms with E-state index in [-0.39, 0.29) is 34.1 Å². The summed E-state index contributed by atoms with van der Waals surface area (Å²) in [7, 11) is -5.03. The first kappa shape index (κ1) is 37.0. The number of carboxylic acid groups (broad SMARTS) is 1. The number of allylic oxidation sites excluding steroid dienone is 1. The first-order valence-electron chi connectivity index (χ1n) is 15.6. The molecule has 0 unspecified atom stereocenters. The molecule has 1 aliphatic rings. The molecule has 0 spiro atoms. The fraction of sp³-hybridized carbons (Fsp3) is 0.629. The summed E-state index contributed by atoms with van der Waals surface area (Å²) in [6.07, 6.45) is 10.7. The van der Waals surface area contributed by atoms with Crippen LogP contribution in [0.3, 0.4) is 0 Å². The number of hydrogen-bond donors (Lipinski definition) is 1. The lowest BCUT2D eigenvalue weighted by molar-refractivity contribution is -0.191. The Bertz CT molecular complexity index is 1150. The van der Waals surface area contributed by atoms with Crippen molar-refractivity contribution in [2.45, 2.75) is 123 Å². The summed E-state index contributed by atoms with van der Waals surface area (Å²) in [4.78, 5) is 25.6. The largest absolute Gasteiger partial charge is 0.493 e. The van der Waals surface area contributed by atoms with Crippen LogP contribution in [0.1, 0.15) is 79.2 Å². The van der Waals surface area contributed by atoms with Crippen molar-refractivity contribution in [3.05, 3.63) is 59.9 Å². The van der Waals surface area contributed by atoms with Gasteiger partial charge in [-0.3, -0.25) is 4.79 Å². The van der Waals surface area contributed by atoms with Gasteiger partial charge in [0.2, 0.25) is 0 Å². The molecule has 43 heavy (non-hydrogen) atoms. The van der Waals surface area contributed by atoms with Crippen LogP contribution in [-0.2, 0) is 18.4 Å². The smallest absolute Gasteiger partial charge is 0.362 e. The van der Waals surface area contributed by atoms with Crippen molar-refractivity contribution in [3.8, 4) is 5.75 Å². The van der Waals surface area contributed by atoms with Crippen LogP contribution >= 0.6 is 0 Å². The van der Waals surface area contributed by atoms with Crippen LogP contribution in [0.25, 0.3) is 0 Å². The third-order valence-electron chi connectivity index (χ3n) is 9.37. The van der Waals surface area contributed by atoms with E-state index in [1.54, 1.807) is 6.08 Å². The van der Waals surface area contributed by atoms with E-state index in [0.29, 0.717) is 19.4 Å². The van der Waals surface area contributed by atoms with Crippen LogP contribution in [0, 0.1) is 18.8 Å². The highest BCUT2D eigenvalue weighted by Gasteiger charge is 2.54. The third-order valence-corrected chi connectivity index (χ3v) is 18.3. The summed E-state index contributed by atoms with van der Waals surface area (Å²) < 4.78 is 19.0. The van der Waals surface area contributed by atoms with Gasteiger partial charge in [0, 0.05) is 18.8 Å². The van der Waals surface area contributed by atoms with Gasteiger partial charge in [-0.2, -0.15) is 0 Å². The van der Waals surface area contributed by atoms with Crippen molar-refractivity contribution in [1.82, 2.24) is 0 Å². The zero-order valence-electron chi connectivity index (χ0n) is 28.5. The molecule has 0 heterocycles.